The first-order valence-corrected chi connectivity index (χ1v) is 15.2. The van der Waals surface area contributed by atoms with Crippen molar-refractivity contribution in [3.05, 3.63) is 46.7 Å². The zero-order valence-electron chi connectivity index (χ0n) is 23.2. The Morgan fingerprint density at radius 3 is 2.69 bits per heavy atom. The Kier molecular flexibility index (Phi) is 9.50. The summed E-state index contributed by atoms with van der Waals surface area (Å²) in [6.45, 7) is 1.80. The first-order valence-electron chi connectivity index (χ1n) is 14.0. The number of carboxylic acids is 1. The van der Waals surface area contributed by atoms with Gasteiger partial charge in [0.25, 0.3) is 0 Å². The molecule has 222 valence electrons. The molecule has 2 aliphatic rings. The summed E-state index contributed by atoms with van der Waals surface area (Å²) < 4.78 is 20.9. The highest BCUT2D eigenvalue weighted by Gasteiger charge is 2.31. The number of benzene rings is 1. The Hall–Kier alpha value is -3.41. The number of amides is 2. The van der Waals surface area contributed by atoms with Crippen LogP contribution in [0.2, 0.25) is 5.02 Å². The summed E-state index contributed by atoms with van der Waals surface area (Å²) in [5.74, 6) is -1.44. The van der Waals surface area contributed by atoms with E-state index in [1.54, 1.807) is 35.4 Å². The van der Waals surface area contributed by atoms with E-state index in [0.29, 0.717) is 71.5 Å². The molecule has 42 heavy (non-hydrogen) atoms. The van der Waals surface area contributed by atoms with Crippen molar-refractivity contribution in [3.63, 3.8) is 0 Å². The van der Waals surface area contributed by atoms with Crippen LogP contribution in [0.5, 0.6) is 0 Å². The maximum atomic E-state index is 15.5. The number of anilines is 2. The molecule has 2 fully saturated rings. The third-order valence-electron chi connectivity index (χ3n) is 7.82. The Labute approximate surface area is 252 Å². The second kappa shape index (κ2) is 13.3. The number of ether oxygens (including phenoxy) is 1. The summed E-state index contributed by atoms with van der Waals surface area (Å²) in [5.41, 5.74) is 1.78. The first-order chi connectivity index (χ1) is 20.2. The Balaban J connectivity index is 1.41. The predicted octanol–water partition coefficient (Wildman–Crippen LogP) is 6.05. The van der Waals surface area contributed by atoms with Crippen molar-refractivity contribution < 1.29 is 28.6 Å². The largest absolute Gasteiger partial charge is 0.481 e. The van der Waals surface area contributed by atoms with Gasteiger partial charge in [-0.3, -0.25) is 24.2 Å². The number of piperidine rings is 1. The lowest BCUT2D eigenvalue weighted by atomic mass is 9.86. The van der Waals surface area contributed by atoms with E-state index in [0.717, 1.165) is 25.7 Å². The van der Waals surface area contributed by atoms with Crippen molar-refractivity contribution in [1.82, 2.24) is 9.97 Å². The van der Waals surface area contributed by atoms with Crippen LogP contribution in [0.1, 0.15) is 44.9 Å². The fraction of sp³-hybridized carbons (Fsp3) is 0.433. The number of pyridine rings is 1. The summed E-state index contributed by atoms with van der Waals surface area (Å²) in [5, 5.41) is 9.38. The maximum Gasteiger partial charge on any atom is 0.304 e. The van der Waals surface area contributed by atoms with Gasteiger partial charge in [-0.1, -0.05) is 29.0 Å². The summed E-state index contributed by atoms with van der Waals surface area (Å²) in [7, 11) is 1.49. The predicted molar refractivity (Wildman–Crippen MR) is 159 cm³/mol. The fourth-order valence-electron chi connectivity index (χ4n) is 5.55. The molecule has 5 rings (SSSR count). The number of thiazole rings is 1. The molecule has 2 amide bonds. The van der Waals surface area contributed by atoms with E-state index in [9.17, 15) is 19.5 Å². The van der Waals surface area contributed by atoms with Crippen LogP contribution in [-0.2, 0) is 19.1 Å². The number of halogens is 2. The monoisotopic (exact) mass is 614 g/mol. The molecule has 1 aromatic carbocycles. The second-order valence-corrected chi connectivity index (χ2v) is 12.1. The molecule has 0 bridgehead atoms. The Morgan fingerprint density at radius 1 is 1.21 bits per heavy atom. The molecule has 12 heteroatoms. The molecule has 2 aliphatic heterocycles. The van der Waals surface area contributed by atoms with Gasteiger partial charge in [-0.25, -0.2) is 9.97 Å². The van der Waals surface area contributed by atoms with Crippen LogP contribution in [0.25, 0.3) is 22.4 Å². The van der Waals surface area contributed by atoms with E-state index in [1.165, 1.54) is 11.9 Å². The molecule has 2 aromatic heterocycles. The van der Waals surface area contributed by atoms with Crippen molar-refractivity contribution in [2.75, 3.05) is 36.6 Å². The summed E-state index contributed by atoms with van der Waals surface area (Å²) in [6, 6.07) is 8.65. The molecule has 0 spiro atoms. The van der Waals surface area contributed by atoms with Crippen molar-refractivity contribution in [1.29, 1.82) is 0 Å². The van der Waals surface area contributed by atoms with E-state index < -0.39 is 22.9 Å². The number of hydrogen-bond donors (Lipinski definition) is 1. The van der Waals surface area contributed by atoms with E-state index >= 15 is 4.39 Å². The van der Waals surface area contributed by atoms with Gasteiger partial charge in [-0.2, -0.15) is 4.39 Å². The van der Waals surface area contributed by atoms with Crippen molar-refractivity contribution >= 4 is 51.7 Å². The number of hydrogen-bond acceptors (Lipinski definition) is 7. The van der Waals surface area contributed by atoms with Crippen LogP contribution < -0.4 is 9.80 Å². The number of rotatable bonds is 9. The van der Waals surface area contributed by atoms with Gasteiger partial charge in [-0.15, -0.1) is 0 Å². The van der Waals surface area contributed by atoms with E-state index in [2.05, 4.69) is 9.97 Å². The second-order valence-electron chi connectivity index (χ2n) is 10.7. The first kappa shape index (κ1) is 30.1. The molecule has 0 saturated carbocycles. The molecule has 9 nitrogen and oxygen atoms in total. The fourth-order valence-corrected chi connectivity index (χ4v) is 6.50. The molecular weight excluding hydrogens is 583 g/mol. The molecule has 3 aromatic rings. The van der Waals surface area contributed by atoms with Gasteiger partial charge in [0.2, 0.25) is 16.9 Å². The number of carbonyl (C=O) groups excluding carboxylic acids is 2. The van der Waals surface area contributed by atoms with Crippen molar-refractivity contribution in [3.8, 4) is 22.4 Å². The molecule has 2 saturated heterocycles. The normalized spacial score (nSPS) is 16.8. The highest BCUT2D eigenvalue weighted by atomic mass is 35.5. The van der Waals surface area contributed by atoms with Crippen molar-refractivity contribution in [2.24, 2.45) is 11.8 Å². The van der Waals surface area contributed by atoms with Crippen LogP contribution in [0.15, 0.2) is 36.5 Å². The molecule has 0 radical (unpaired) electrons. The van der Waals surface area contributed by atoms with E-state index in [1.807, 2.05) is 6.07 Å². The van der Waals surface area contributed by atoms with Crippen LogP contribution in [0, 0.1) is 17.0 Å². The molecule has 0 unspecified atom stereocenters. The smallest absolute Gasteiger partial charge is 0.304 e. The quantitative estimate of drug-likeness (QED) is 0.312. The molecule has 4 heterocycles. The minimum atomic E-state index is -1.06. The average molecular weight is 615 g/mol. The zero-order valence-corrected chi connectivity index (χ0v) is 24.8. The standard InChI is InChI=1S/C30H32ClFN4O5S/c1-35(29(40)20(15-26(38)39)14-18-9-12-41-13-10-18)30-34-27(28(32)42-30)23-16-21(31)6-7-22(23)19-5-8-24(33-17-19)36-11-3-2-4-25(36)37/h5-8,16-18,20H,2-4,9-15H2,1H3,(H,38,39)/t20-/m1/s1. The summed E-state index contributed by atoms with van der Waals surface area (Å²) >= 11 is 7.03. The zero-order chi connectivity index (χ0) is 29.8. The molecule has 0 aliphatic carbocycles. The van der Waals surface area contributed by atoms with Gasteiger partial charge in [0.05, 0.1) is 6.42 Å². The molecular formula is C30H32ClFN4O5S. The third kappa shape index (κ3) is 6.79. The SMILES string of the molecule is CN(C(=O)[C@@H](CC(=O)O)CC1CCOCC1)c1nc(-c2cc(Cl)ccc2-c2ccc(N3CCCCC3=O)nc2)c(F)s1. The van der Waals surface area contributed by atoms with Crippen molar-refractivity contribution in [2.45, 2.75) is 44.9 Å². The highest BCUT2D eigenvalue weighted by molar-refractivity contribution is 7.14. The minimum Gasteiger partial charge on any atom is -0.481 e. The lowest BCUT2D eigenvalue weighted by molar-refractivity contribution is -0.141. The lowest BCUT2D eigenvalue weighted by Crippen LogP contribution is -2.35. The number of nitrogens with zero attached hydrogens (tertiary/aromatic N) is 4. The number of carbonyl (C=O) groups is 3. The topological polar surface area (TPSA) is 113 Å². The average Bonchev–Trinajstić information content (AvgIpc) is 3.38. The van der Waals surface area contributed by atoms with Gasteiger partial charge >= 0.3 is 5.97 Å². The third-order valence-corrected chi connectivity index (χ3v) is 8.97. The van der Waals surface area contributed by atoms with E-state index in [-0.39, 0.29) is 29.1 Å². The summed E-state index contributed by atoms with van der Waals surface area (Å²) in [6.07, 6.45) is 5.58. The van der Waals surface area contributed by atoms with Crippen LogP contribution >= 0.6 is 22.9 Å². The molecule has 1 N–H and O–H groups in total. The Bertz CT molecular complexity index is 1460. The number of aliphatic carboxylic acids is 1. The number of aromatic nitrogens is 2. The van der Waals surface area contributed by atoms with Crippen LogP contribution in [-0.4, -0.2) is 59.7 Å². The Morgan fingerprint density at radius 2 is 2.00 bits per heavy atom. The van der Waals surface area contributed by atoms with Crippen LogP contribution in [0.4, 0.5) is 15.3 Å². The number of carboxylic acid groups (broad SMARTS) is 1. The minimum absolute atomic E-state index is 0.0293. The van der Waals surface area contributed by atoms with Gasteiger partial charge in [0, 0.05) is 61.5 Å². The van der Waals surface area contributed by atoms with Gasteiger partial charge in [0.15, 0.2) is 5.13 Å². The van der Waals surface area contributed by atoms with E-state index in [4.69, 9.17) is 16.3 Å². The summed E-state index contributed by atoms with van der Waals surface area (Å²) in [4.78, 5) is 49.3. The lowest BCUT2D eigenvalue weighted by Gasteiger charge is -2.27. The van der Waals surface area contributed by atoms with Gasteiger partial charge < -0.3 is 9.84 Å². The van der Waals surface area contributed by atoms with Crippen LogP contribution in [0.3, 0.4) is 0 Å². The maximum absolute atomic E-state index is 15.5. The van der Waals surface area contributed by atoms with Gasteiger partial charge in [0.1, 0.15) is 11.5 Å². The highest BCUT2D eigenvalue weighted by Crippen LogP contribution is 2.39. The molecule has 1 atom stereocenters. The van der Waals surface area contributed by atoms with Gasteiger partial charge in [-0.05, 0) is 67.9 Å².